The zero-order valence-corrected chi connectivity index (χ0v) is 22.4. The third-order valence-electron chi connectivity index (χ3n) is 7.06. The molecule has 0 radical (unpaired) electrons. The Morgan fingerprint density at radius 1 is 0.976 bits per heavy atom. The van der Waals surface area contributed by atoms with E-state index in [0.29, 0.717) is 24.1 Å². The molecule has 1 saturated heterocycles. The molecule has 12 heteroatoms. The lowest BCUT2D eigenvalue weighted by Gasteiger charge is -2.30. The fraction of sp³-hybridized carbons (Fsp3) is 0.345. The molecule has 3 aromatic rings. The van der Waals surface area contributed by atoms with Gasteiger partial charge in [-0.2, -0.15) is 0 Å². The van der Waals surface area contributed by atoms with Gasteiger partial charge in [0.25, 0.3) is 0 Å². The first-order valence-electron chi connectivity index (χ1n) is 13.4. The predicted molar refractivity (Wildman–Crippen MR) is 148 cm³/mol. The smallest absolute Gasteiger partial charge is 0.326 e. The fourth-order valence-corrected chi connectivity index (χ4v) is 4.89. The lowest BCUT2D eigenvalue weighted by Crippen LogP contribution is -2.57. The van der Waals surface area contributed by atoms with Crippen molar-refractivity contribution in [1.82, 2.24) is 25.5 Å². The normalized spacial score (nSPS) is 16.9. The van der Waals surface area contributed by atoms with Gasteiger partial charge in [0.2, 0.25) is 17.7 Å². The summed E-state index contributed by atoms with van der Waals surface area (Å²) in [6, 6.07) is 11.3. The van der Waals surface area contributed by atoms with Gasteiger partial charge in [-0.25, -0.2) is 9.78 Å². The highest BCUT2D eigenvalue weighted by atomic mass is 16.4. The number of aromatic nitrogens is 2. The highest BCUT2D eigenvalue weighted by Gasteiger charge is 2.39. The average Bonchev–Trinajstić information content (AvgIpc) is 3.66. The quantitative estimate of drug-likeness (QED) is 0.184. The molecule has 216 valence electrons. The third-order valence-corrected chi connectivity index (χ3v) is 7.06. The van der Waals surface area contributed by atoms with Crippen molar-refractivity contribution in [2.75, 3.05) is 6.54 Å². The van der Waals surface area contributed by atoms with E-state index in [1.807, 2.05) is 30.3 Å². The first kappa shape index (κ1) is 29.3. The molecule has 2 aromatic carbocycles. The number of nitrogens with two attached hydrogens (primary N) is 1. The van der Waals surface area contributed by atoms with Gasteiger partial charge in [-0.3, -0.25) is 14.4 Å². The van der Waals surface area contributed by atoms with Crippen molar-refractivity contribution in [3.05, 3.63) is 83.9 Å². The summed E-state index contributed by atoms with van der Waals surface area (Å²) < 4.78 is 0. The zero-order chi connectivity index (χ0) is 29.4. The van der Waals surface area contributed by atoms with Crippen LogP contribution in [-0.2, 0) is 38.4 Å². The maximum atomic E-state index is 13.8. The van der Waals surface area contributed by atoms with Crippen LogP contribution in [0.3, 0.4) is 0 Å². The lowest BCUT2D eigenvalue weighted by molar-refractivity contribution is -0.144. The van der Waals surface area contributed by atoms with Gasteiger partial charge in [-0.1, -0.05) is 42.5 Å². The molecule has 4 unspecified atom stereocenters. The van der Waals surface area contributed by atoms with Crippen LogP contribution in [0, 0.1) is 0 Å². The van der Waals surface area contributed by atoms with Crippen LogP contribution in [0.5, 0.6) is 5.75 Å². The minimum absolute atomic E-state index is 0.000170. The molecule has 0 spiro atoms. The maximum Gasteiger partial charge on any atom is 0.326 e. The Balaban J connectivity index is 1.45. The number of likely N-dealkylation sites (tertiary alicyclic amines) is 1. The molecule has 2 heterocycles. The molecule has 0 bridgehead atoms. The van der Waals surface area contributed by atoms with E-state index in [9.17, 15) is 29.4 Å². The molecule has 3 amide bonds. The second kappa shape index (κ2) is 13.6. The Bertz CT molecular complexity index is 1330. The van der Waals surface area contributed by atoms with Gasteiger partial charge in [0.1, 0.15) is 23.9 Å². The number of carboxylic acids is 1. The zero-order valence-electron chi connectivity index (χ0n) is 22.4. The number of amides is 3. The minimum Gasteiger partial charge on any atom is -0.508 e. The fourth-order valence-electron chi connectivity index (χ4n) is 4.89. The van der Waals surface area contributed by atoms with E-state index in [2.05, 4.69) is 20.6 Å². The minimum atomic E-state index is -1.24. The number of nitrogens with zero attached hydrogens (tertiary/aromatic N) is 2. The lowest BCUT2D eigenvalue weighted by atomic mass is 10.0. The van der Waals surface area contributed by atoms with E-state index in [1.165, 1.54) is 23.4 Å². The summed E-state index contributed by atoms with van der Waals surface area (Å²) >= 11 is 0. The monoisotopic (exact) mass is 562 g/mol. The Kier molecular flexibility index (Phi) is 9.69. The van der Waals surface area contributed by atoms with Gasteiger partial charge in [0.15, 0.2) is 0 Å². The van der Waals surface area contributed by atoms with E-state index in [0.717, 1.165) is 5.56 Å². The number of imidazole rings is 1. The Hall–Kier alpha value is -4.71. The number of nitrogens with one attached hydrogen (secondary N) is 3. The van der Waals surface area contributed by atoms with Gasteiger partial charge < -0.3 is 36.5 Å². The van der Waals surface area contributed by atoms with Crippen molar-refractivity contribution in [3.63, 3.8) is 0 Å². The molecule has 0 saturated carbocycles. The molecular weight excluding hydrogens is 528 g/mol. The summed E-state index contributed by atoms with van der Waals surface area (Å²) in [6.07, 6.45) is 4.28. The number of hydrogen-bond donors (Lipinski definition) is 6. The standard InChI is InChI=1S/C29H34N6O6/c30-22(13-18-5-2-1-3-6-18)26(37)33-23(15-20-16-31-17-32-20)28(39)35-12-4-7-25(35)27(38)34-24(29(40)41)14-19-8-10-21(36)11-9-19/h1-3,5-6,8-11,16-17,22-25,36H,4,7,12-15,30H2,(H,31,32)(H,33,37)(H,34,38)(H,40,41). The van der Waals surface area contributed by atoms with Crippen molar-refractivity contribution in [2.24, 2.45) is 5.73 Å². The van der Waals surface area contributed by atoms with Crippen LogP contribution < -0.4 is 16.4 Å². The SMILES string of the molecule is NC(Cc1ccccc1)C(=O)NC(Cc1cnc[nH]1)C(=O)N1CCCC1C(=O)NC(Cc1ccc(O)cc1)C(=O)O. The van der Waals surface area contributed by atoms with Crippen molar-refractivity contribution < 1.29 is 29.4 Å². The van der Waals surface area contributed by atoms with Crippen LogP contribution in [-0.4, -0.2) is 79.5 Å². The summed E-state index contributed by atoms with van der Waals surface area (Å²) in [4.78, 5) is 60.3. The third kappa shape index (κ3) is 7.92. The Morgan fingerprint density at radius 3 is 2.34 bits per heavy atom. The molecule has 1 aliphatic rings. The van der Waals surface area contributed by atoms with Crippen LogP contribution in [0.4, 0.5) is 0 Å². The van der Waals surface area contributed by atoms with E-state index in [1.54, 1.807) is 18.3 Å². The van der Waals surface area contributed by atoms with E-state index < -0.39 is 47.9 Å². The van der Waals surface area contributed by atoms with Gasteiger partial charge in [0.05, 0.1) is 12.4 Å². The second-order valence-corrected chi connectivity index (χ2v) is 10.1. The van der Waals surface area contributed by atoms with Crippen molar-refractivity contribution in [1.29, 1.82) is 0 Å². The number of aromatic amines is 1. The number of phenolic OH excluding ortho intramolecular Hbond substituents is 1. The summed E-state index contributed by atoms with van der Waals surface area (Å²) in [6.45, 7) is 0.276. The van der Waals surface area contributed by atoms with Gasteiger partial charge in [-0.15, -0.1) is 0 Å². The van der Waals surface area contributed by atoms with E-state index in [-0.39, 0.29) is 31.6 Å². The van der Waals surface area contributed by atoms with Crippen LogP contribution in [0.2, 0.25) is 0 Å². The first-order valence-corrected chi connectivity index (χ1v) is 13.4. The Morgan fingerprint density at radius 2 is 1.68 bits per heavy atom. The number of benzene rings is 2. The molecule has 41 heavy (non-hydrogen) atoms. The number of aliphatic carboxylic acids is 1. The topological polar surface area (TPSA) is 191 Å². The van der Waals surface area contributed by atoms with E-state index >= 15 is 0 Å². The molecule has 0 aliphatic carbocycles. The number of rotatable bonds is 12. The number of hydrogen-bond acceptors (Lipinski definition) is 7. The van der Waals surface area contributed by atoms with Crippen molar-refractivity contribution in [3.8, 4) is 5.75 Å². The average molecular weight is 563 g/mol. The van der Waals surface area contributed by atoms with Gasteiger partial charge in [0, 0.05) is 31.3 Å². The summed E-state index contributed by atoms with van der Waals surface area (Å²) in [5, 5.41) is 24.5. The molecule has 7 N–H and O–H groups in total. The van der Waals surface area contributed by atoms with Crippen molar-refractivity contribution >= 4 is 23.7 Å². The van der Waals surface area contributed by atoms with Crippen LogP contribution in [0.15, 0.2) is 67.1 Å². The number of carboxylic acid groups (broad SMARTS) is 1. The summed E-state index contributed by atoms with van der Waals surface area (Å²) in [5.41, 5.74) is 8.27. The Labute approximate surface area is 237 Å². The second-order valence-electron chi connectivity index (χ2n) is 10.1. The van der Waals surface area contributed by atoms with Crippen molar-refractivity contribution in [2.45, 2.75) is 56.3 Å². The largest absolute Gasteiger partial charge is 0.508 e. The van der Waals surface area contributed by atoms with Crippen LogP contribution >= 0.6 is 0 Å². The highest BCUT2D eigenvalue weighted by Crippen LogP contribution is 2.20. The number of phenols is 1. The summed E-state index contributed by atoms with van der Waals surface area (Å²) in [7, 11) is 0. The molecule has 4 atom stereocenters. The molecule has 12 nitrogen and oxygen atoms in total. The molecule has 1 fully saturated rings. The highest BCUT2D eigenvalue weighted by molar-refractivity contribution is 5.94. The predicted octanol–water partition coefficient (Wildman–Crippen LogP) is 0.516. The number of carbonyl (C=O) groups excluding carboxylic acids is 3. The number of aromatic hydroxyl groups is 1. The number of carbonyl (C=O) groups is 4. The molecular formula is C29H34N6O6. The molecule has 4 rings (SSSR count). The molecule has 1 aromatic heterocycles. The first-order chi connectivity index (χ1) is 19.7. The summed E-state index contributed by atoms with van der Waals surface area (Å²) in [5.74, 6) is -2.74. The van der Waals surface area contributed by atoms with Gasteiger partial charge >= 0.3 is 5.97 Å². The van der Waals surface area contributed by atoms with Crippen LogP contribution in [0.25, 0.3) is 0 Å². The number of H-pyrrole nitrogens is 1. The molecule has 1 aliphatic heterocycles. The maximum absolute atomic E-state index is 13.8. The van der Waals surface area contributed by atoms with E-state index in [4.69, 9.17) is 5.73 Å². The van der Waals surface area contributed by atoms with Crippen LogP contribution in [0.1, 0.15) is 29.7 Å². The van der Waals surface area contributed by atoms with Gasteiger partial charge in [-0.05, 0) is 42.5 Å².